The number of benzene rings is 1. The van der Waals surface area contributed by atoms with Gasteiger partial charge in [-0.2, -0.15) is 0 Å². The van der Waals surface area contributed by atoms with E-state index in [0.29, 0.717) is 11.5 Å². The quantitative estimate of drug-likeness (QED) is 0.804. The van der Waals surface area contributed by atoms with Crippen molar-refractivity contribution in [3.8, 4) is 0 Å². The van der Waals surface area contributed by atoms with Gasteiger partial charge in [0.25, 0.3) is 0 Å². The predicted molar refractivity (Wildman–Crippen MR) is 81.0 cm³/mol. The summed E-state index contributed by atoms with van der Waals surface area (Å²) in [5.41, 5.74) is 7.52. The molecule has 0 saturated carbocycles. The lowest BCUT2D eigenvalue weighted by molar-refractivity contribution is 0.484. The maximum Gasteiger partial charge on any atom is 0.130 e. The molecule has 0 saturated heterocycles. The van der Waals surface area contributed by atoms with E-state index < -0.39 is 0 Å². The third-order valence-electron chi connectivity index (χ3n) is 3.84. The van der Waals surface area contributed by atoms with E-state index in [0.717, 1.165) is 31.6 Å². The standard InChI is InChI=1S/C16H27FN2/c1-5-13(6-2)11-19(7-3)15-10-8-9-14(17)16(15)12(4)18/h8-10,12-13H,5-7,11,18H2,1-4H3/t12-/m1/s1. The van der Waals surface area contributed by atoms with Crippen LogP contribution in [0.2, 0.25) is 0 Å². The van der Waals surface area contributed by atoms with Crippen LogP contribution < -0.4 is 10.6 Å². The highest BCUT2D eigenvalue weighted by atomic mass is 19.1. The van der Waals surface area contributed by atoms with Crippen molar-refractivity contribution in [2.75, 3.05) is 18.0 Å². The second-order valence-electron chi connectivity index (χ2n) is 5.18. The number of anilines is 1. The Morgan fingerprint density at radius 1 is 1.21 bits per heavy atom. The number of rotatable bonds is 7. The van der Waals surface area contributed by atoms with Crippen LogP contribution in [0.4, 0.5) is 10.1 Å². The molecular formula is C16H27FN2. The molecule has 0 heterocycles. The van der Waals surface area contributed by atoms with Crippen molar-refractivity contribution < 1.29 is 4.39 Å². The van der Waals surface area contributed by atoms with Gasteiger partial charge in [0.2, 0.25) is 0 Å². The van der Waals surface area contributed by atoms with Crippen molar-refractivity contribution in [2.24, 2.45) is 11.7 Å². The zero-order chi connectivity index (χ0) is 14.4. The smallest absolute Gasteiger partial charge is 0.130 e. The summed E-state index contributed by atoms with van der Waals surface area (Å²) in [6.07, 6.45) is 2.30. The van der Waals surface area contributed by atoms with E-state index in [1.165, 1.54) is 6.07 Å². The Labute approximate surface area is 116 Å². The molecule has 0 unspecified atom stereocenters. The van der Waals surface area contributed by atoms with Crippen LogP contribution in [0.25, 0.3) is 0 Å². The topological polar surface area (TPSA) is 29.3 Å². The zero-order valence-electron chi connectivity index (χ0n) is 12.6. The summed E-state index contributed by atoms with van der Waals surface area (Å²) in [6, 6.07) is 4.96. The molecule has 0 aromatic heterocycles. The van der Waals surface area contributed by atoms with Crippen LogP contribution in [0.5, 0.6) is 0 Å². The summed E-state index contributed by atoms with van der Waals surface area (Å²) in [5.74, 6) is 0.444. The lowest BCUT2D eigenvalue weighted by Gasteiger charge is -2.30. The Balaban J connectivity index is 3.07. The Bertz CT molecular complexity index is 386. The van der Waals surface area contributed by atoms with Gasteiger partial charge in [-0.05, 0) is 31.9 Å². The first-order valence-electron chi connectivity index (χ1n) is 7.33. The Kier molecular flexibility index (Phi) is 6.29. The molecule has 1 aromatic rings. The SMILES string of the molecule is CCC(CC)CN(CC)c1cccc(F)c1[C@@H](C)N. The van der Waals surface area contributed by atoms with Crippen molar-refractivity contribution in [1.29, 1.82) is 0 Å². The van der Waals surface area contributed by atoms with Gasteiger partial charge in [-0.3, -0.25) is 0 Å². The van der Waals surface area contributed by atoms with E-state index in [9.17, 15) is 4.39 Å². The van der Waals surface area contributed by atoms with Gasteiger partial charge < -0.3 is 10.6 Å². The number of hydrogen-bond acceptors (Lipinski definition) is 2. The fourth-order valence-corrected chi connectivity index (χ4v) is 2.51. The van der Waals surface area contributed by atoms with Crippen molar-refractivity contribution in [3.05, 3.63) is 29.6 Å². The van der Waals surface area contributed by atoms with Gasteiger partial charge in [0.05, 0.1) is 0 Å². The summed E-state index contributed by atoms with van der Waals surface area (Å²) in [7, 11) is 0. The molecule has 0 amide bonds. The first-order chi connectivity index (χ1) is 9.04. The van der Waals surface area contributed by atoms with Gasteiger partial charge in [-0.1, -0.05) is 32.8 Å². The molecule has 2 N–H and O–H groups in total. The molecule has 3 heteroatoms. The molecule has 0 aliphatic heterocycles. The first-order valence-corrected chi connectivity index (χ1v) is 7.33. The van der Waals surface area contributed by atoms with Crippen LogP contribution in [0, 0.1) is 11.7 Å². The zero-order valence-corrected chi connectivity index (χ0v) is 12.6. The van der Waals surface area contributed by atoms with Crippen LogP contribution >= 0.6 is 0 Å². The predicted octanol–water partition coefficient (Wildman–Crippen LogP) is 4.11. The third-order valence-corrected chi connectivity index (χ3v) is 3.84. The normalized spacial score (nSPS) is 12.8. The van der Waals surface area contributed by atoms with Crippen molar-refractivity contribution >= 4 is 5.69 Å². The summed E-state index contributed by atoms with van der Waals surface area (Å²) in [5, 5.41) is 0. The van der Waals surface area contributed by atoms with Gasteiger partial charge in [-0.15, -0.1) is 0 Å². The molecule has 0 radical (unpaired) electrons. The van der Waals surface area contributed by atoms with Crippen LogP contribution in [-0.4, -0.2) is 13.1 Å². The highest BCUT2D eigenvalue weighted by Gasteiger charge is 2.18. The average Bonchev–Trinajstić information content (AvgIpc) is 2.39. The number of hydrogen-bond donors (Lipinski definition) is 1. The van der Waals surface area contributed by atoms with Gasteiger partial charge in [-0.25, -0.2) is 4.39 Å². The van der Waals surface area contributed by atoms with Gasteiger partial charge >= 0.3 is 0 Å². The minimum atomic E-state index is -0.285. The molecule has 0 bridgehead atoms. The molecule has 0 fully saturated rings. The Morgan fingerprint density at radius 2 is 1.84 bits per heavy atom. The van der Waals surface area contributed by atoms with Crippen LogP contribution in [0.3, 0.4) is 0 Å². The van der Waals surface area contributed by atoms with E-state index in [1.807, 2.05) is 13.0 Å². The van der Waals surface area contributed by atoms with E-state index in [2.05, 4.69) is 25.7 Å². The monoisotopic (exact) mass is 266 g/mol. The summed E-state index contributed by atoms with van der Waals surface area (Å²) in [4.78, 5) is 2.25. The molecule has 0 spiro atoms. The Morgan fingerprint density at radius 3 is 2.32 bits per heavy atom. The van der Waals surface area contributed by atoms with E-state index in [4.69, 9.17) is 5.73 Å². The van der Waals surface area contributed by atoms with Crippen LogP contribution in [0.15, 0.2) is 18.2 Å². The average molecular weight is 266 g/mol. The highest BCUT2D eigenvalue weighted by Crippen LogP contribution is 2.29. The van der Waals surface area contributed by atoms with Gasteiger partial charge in [0, 0.05) is 30.4 Å². The largest absolute Gasteiger partial charge is 0.371 e. The summed E-state index contributed by atoms with van der Waals surface area (Å²) < 4.78 is 14.0. The lowest BCUT2D eigenvalue weighted by atomic mass is 10.0. The van der Waals surface area contributed by atoms with Gasteiger partial charge in [0.15, 0.2) is 0 Å². The molecule has 0 aliphatic carbocycles. The highest BCUT2D eigenvalue weighted by molar-refractivity contribution is 5.55. The van der Waals surface area contributed by atoms with Crippen LogP contribution in [-0.2, 0) is 0 Å². The molecule has 2 nitrogen and oxygen atoms in total. The third kappa shape index (κ3) is 3.93. The maximum absolute atomic E-state index is 14.0. The fraction of sp³-hybridized carbons (Fsp3) is 0.625. The minimum absolute atomic E-state index is 0.199. The minimum Gasteiger partial charge on any atom is -0.371 e. The fourth-order valence-electron chi connectivity index (χ4n) is 2.51. The number of nitrogens with zero attached hydrogens (tertiary/aromatic N) is 1. The number of nitrogens with two attached hydrogens (primary N) is 1. The van der Waals surface area contributed by atoms with E-state index in [-0.39, 0.29) is 11.9 Å². The summed E-state index contributed by atoms with van der Waals surface area (Å²) >= 11 is 0. The second-order valence-corrected chi connectivity index (χ2v) is 5.18. The maximum atomic E-state index is 14.0. The van der Waals surface area contributed by atoms with Crippen molar-refractivity contribution in [2.45, 2.75) is 46.6 Å². The van der Waals surface area contributed by atoms with Gasteiger partial charge in [0.1, 0.15) is 5.82 Å². The molecule has 1 rings (SSSR count). The molecule has 1 atom stereocenters. The molecule has 1 aromatic carbocycles. The van der Waals surface area contributed by atoms with Crippen LogP contribution in [0.1, 0.15) is 52.1 Å². The molecule has 0 aliphatic rings. The molecule has 19 heavy (non-hydrogen) atoms. The Hall–Kier alpha value is -1.09. The lowest BCUT2D eigenvalue weighted by Crippen LogP contribution is -2.31. The first kappa shape index (κ1) is 16.0. The van der Waals surface area contributed by atoms with E-state index in [1.54, 1.807) is 6.07 Å². The van der Waals surface area contributed by atoms with Crippen molar-refractivity contribution in [1.82, 2.24) is 0 Å². The van der Waals surface area contributed by atoms with Crippen molar-refractivity contribution in [3.63, 3.8) is 0 Å². The van der Waals surface area contributed by atoms with E-state index >= 15 is 0 Å². The second kappa shape index (κ2) is 7.49. The summed E-state index contributed by atoms with van der Waals surface area (Å²) in [6.45, 7) is 10.2. The molecular weight excluding hydrogens is 239 g/mol. The molecule has 108 valence electrons. The number of halogens is 1.